The molecule has 13 heavy (non-hydrogen) atoms. The van der Waals surface area contributed by atoms with Crippen LogP contribution >= 0.6 is 11.8 Å². The van der Waals surface area contributed by atoms with E-state index in [0.717, 1.165) is 10.8 Å². The monoisotopic (exact) mass is 193 g/mol. The molecule has 0 radical (unpaired) electrons. The molecule has 2 heterocycles. The van der Waals surface area contributed by atoms with Crippen molar-refractivity contribution >= 4 is 11.8 Å². The van der Waals surface area contributed by atoms with E-state index in [2.05, 4.69) is 20.5 Å². The fourth-order valence-corrected chi connectivity index (χ4v) is 1.39. The third kappa shape index (κ3) is 1.52. The predicted molar refractivity (Wildman–Crippen MR) is 48.7 cm³/mol. The zero-order valence-electron chi connectivity index (χ0n) is 6.95. The van der Waals surface area contributed by atoms with Gasteiger partial charge in [-0.1, -0.05) is 11.8 Å². The first-order chi connectivity index (χ1) is 6.42. The molecule has 66 valence electrons. The molecule has 5 nitrogen and oxygen atoms in total. The van der Waals surface area contributed by atoms with Crippen LogP contribution in [0.2, 0.25) is 0 Å². The lowest BCUT2D eigenvalue weighted by atomic mass is 10.4. The summed E-state index contributed by atoms with van der Waals surface area (Å²) in [6.45, 7) is 0. The second kappa shape index (κ2) is 3.53. The molecule has 0 saturated carbocycles. The van der Waals surface area contributed by atoms with E-state index in [-0.39, 0.29) is 0 Å². The fourth-order valence-electron chi connectivity index (χ4n) is 0.953. The van der Waals surface area contributed by atoms with Crippen LogP contribution in [0.4, 0.5) is 0 Å². The van der Waals surface area contributed by atoms with Crippen molar-refractivity contribution in [2.45, 2.75) is 5.16 Å². The third-order valence-corrected chi connectivity index (χ3v) is 2.15. The summed E-state index contributed by atoms with van der Waals surface area (Å²) < 4.78 is 1.67. The maximum atomic E-state index is 3.92. The zero-order chi connectivity index (χ0) is 9.10. The van der Waals surface area contributed by atoms with Gasteiger partial charge < -0.3 is 0 Å². The van der Waals surface area contributed by atoms with E-state index in [9.17, 15) is 0 Å². The number of hydrogen-bond acceptors (Lipinski definition) is 5. The van der Waals surface area contributed by atoms with Gasteiger partial charge in [-0.25, -0.2) is 0 Å². The van der Waals surface area contributed by atoms with Crippen molar-refractivity contribution in [2.24, 2.45) is 0 Å². The van der Waals surface area contributed by atoms with E-state index < -0.39 is 0 Å². The van der Waals surface area contributed by atoms with E-state index in [1.807, 2.05) is 18.4 Å². The van der Waals surface area contributed by atoms with Crippen LogP contribution in [0.1, 0.15) is 0 Å². The molecule has 0 aliphatic rings. The Bertz CT molecular complexity index is 385. The summed E-state index contributed by atoms with van der Waals surface area (Å²) in [6, 6.07) is 3.71. The molecule has 2 aromatic heterocycles. The second-order valence-corrected chi connectivity index (χ2v) is 3.06. The first kappa shape index (κ1) is 8.18. The Labute approximate surface area is 79.2 Å². The lowest BCUT2D eigenvalue weighted by molar-refractivity contribution is 0.755. The Kier molecular flexibility index (Phi) is 2.22. The number of aromatic nitrogens is 5. The van der Waals surface area contributed by atoms with Gasteiger partial charge in [-0.05, 0) is 28.8 Å². The van der Waals surface area contributed by atoms with Gasteiger partial charge in [-0.3, -0.25) is 4.98 Å². The second-order valence-electron chi connectivity index (χ2n) is 2.28. The van der Waals surface area contributed by atoms with Crippen molar-refractivity contribution in [3.05, 3.63) is 24.5 Å². The Balaban J connectivity index is 2.47. The van der Waals surface area contributed by atoms with Crippen LogP contribution in [0, 0.1) is 0 Å². The molecule has 0 aromatic carbocycles. The topological polar surface area (TPSA) is 56.5 Å². The van der Waals surface area contributed by atoms with Crippen molar-refractivity contribution in [3.63, 3.8) is 0 Å². The number of thioether (sulfide) groups is 1. The minimum Gasteiger partial charge on any atom is -0.265 e. The molecule has 0 spiro atoms. The van der Waals surface area contributed by atoms with Gasteiger partial charge in [-0.2, -0.15) is 4.68 Å². The van der Waals surface area contributed by atoms with Crippen LogP contribution in [0.25, 0.3) is 5.69 Å². The molecule has 2 rings (SSSR count). The summed E-state index contributed by atoms with van der Waals surface area (Å²) in [5.41, 5.74) is 0.921. The van der Waals surface area contributed by atoms with Crippen LogP contribution in [-0.2, 0) is 0 Å². The minimum absolute atomic E-state index is 0.770. The highest BCUT2D eigenvalue weighted by atomic mass is 32.2. The van der Waals surface area contributed by atoms with Gasteiger partial charge in [0.2, 0.25) is 5.16 Å². The van der Waals surface area contributed by atoms with Crippen LogP contribution < -0.4 is 0 Å². The summed E-state index contributed by atoms with van der Waals surface area (Å²) in [6.07, 6.45) is 5.35. The van der Waals surface area contributed by atoms with Crippen LogP contribution in [0.3, 0.4) is 0 Å². The van der Waals surface area contributed by atoms with Gasteiger partial charge in [0.05, 0.1) is 5.69 Å². The van der Waals surface area contributed by atoms with E-state index >= 15 is 0 Å². The molecular formula is C7H7N5S. The largest absolute Gasteiger partial charge is 0.265 e. The summed E-state index contributed by atoms with van der Waals surface area (Å²) >= 11 is 1.50. The van der Waals surface area contributed by atoms with Gasteiger partial charge in [-0.15, -0.1) is 5.10 Å². The van der Waals surface area contributed by atoms with Gasteiger partial charge in [0.1, 0.15) is 0 Å². The van der Waals surface area contributed by atoms with E-state index in [1.165, 1.54) is 11.8 Å². The van der Waals surface area contributed by atoms with Crippen molar-refractivity contribution in [2.75, 3.05) is 6.26 Å². The Morgan fingerprint density at radius 1 is 1.31 bits per heavy atom. The fraction of sp³-hybridized carbons (Fsp3) is 0.143. The molecule has 0 bridgehead atoms. The summed E-state index contributed by atoms with van der Waals surface area (Å²) in [5.74, 6) is 0. The van der Waals surface area contributed by atoms with Gasteiger partial charge in [0.15, 0.2) is 0 Å². The number of rotatable bonds is 2. The van der Waals surface area contributed by atoms with Crippen molar-refractivity contribution in [3.8, 4) is 5.69 Å². The third-order valence-electron chi connectivity index (χ3n) is 1.53. The molecule has 0 amide bonds. The van der Waals surface area contributed by atoms with Crippen molar-refractivity contribution in [1.82, 2.24) is 25.2 Å². The average Bonchev–Trinajstić information content (AvgIpc) is 2.67. The van der Waals surface area contributed by atoms with Gasteiger partial charge >= 0.3 is 0 Å². The highest BCUT2D eigenvalue weighted by Gasteiger charge is 2.04. The van der Waals surface area contributed by atoms with Crippen molar-refractivity contribution in [1.29, 1.82) is 0 Å². The SMILES string of the molecule is CSc1nnnn1-c1ccncc1. The molecule has 0 aliphatic heterocycles. The molecule has 0 atom stereocenters. The quantitative estimate of drug-likeness (QED) is 0.660. The van der Waals surface area contributed by atoms with Crippen LogP contribution in [-0.4, -0.2) is 31.4 Å². The lowest BCUT2D eigenvalue weighted by Crippen LogP contribution is -1.98. The number of tetrazole rings is 1. The van der Waals surface area contributed by atoms with E-state index in [1.54, 1.807) is 17.1 Å². The molecule has 0 aliphatic carbocycles. The minimum atomic E-state index is 0.770. The first-order valence-corrected chi connectivity index (χ1v) is 4.87. The molecule has 0 unspecified atom stereocenters. The average molecular weight is 193 g/mol. The summed E-state index contributed by atoms with van der Waals surface area (Å²) in [7, 11) is 0. The highest BCUT2D eigenvalue weighted by molar-refractivity contribution is 7.98. The standard InChI is InChI=1S/C7H7N5S/c1-13-7-9-10-11-12(7)6-2-4-8-5-3-6/h2-5H,1H3. The van der Waals surface area contributed by atoms with E-state index in [0.29, 0.717) is 0 Å². The molecule has 6 heteroatoms. The highest BCUT2D eigenvalue weighted by Crippen LogP contribution is 2.13. The van der Waals surface area contributed by atoms with Gasteiger partial charge in [0.25, 0.3) is 0 Å². The molecule has 0 N–H and O–H groups in total. The molecular weight excluding hydrogens is 186 g/mol. The Morgan fingerprint density at radius 2 is 2.08 bits per heavy atom. The molecule has 0 fully saturated rings. The Morgan fingerprint density at radius 3 is 2.77 bits per heavy atom. The van der Waals surface area contributed by atoms with Crippen LogP contribution in [0.15, 0.2) is 29.7 Å². The summed E-state index contributed by atoms with van der Waals surface area (Å²) in [4.78, 5) is 3.92. The lowest BCUT2D eigenvalue weighted by Gasteiger charge is -1.99. The van der Waals surface area contributed by atoms with Crippen LogP contribution in [0.5, 0.6) is 0 Å². The predicted octanol–water partition coefficient (Wildman–Crippen LogP) is 0.779. The number of hydrogen-bond donors (Lipinski definition) is 0. The maximum Gasteiger partial charge on any atom is 0.213 e. The van der Waals surface area contributed by atoms with Crippen molar-refractivity contribution < 1.29 is 0 Å². The number of pyridine rings is 1. The maximum absolute atomic E-state index is 3.92. The van der Waals surface area contributed by atoms with Gasteiger partial charge in [0, 0.05) is 12.4 Å². The normalized spacial score (nSPS) is 10.2. The van der Waals surface area contributed by atoms with E-state index in [4.69, 9.17) is 0 Å². The smallest absolute Gasteiger partial charge is 0.213 e. The first-order valence-electron chi connectivity index (χ1n) is 3.64. The zero-order valence-corrected chi connectivity index (χ0v) is 7.77. The molecule has 2 aromatic rings. The molecule has 0 saturated heterocycles. The summed E-state index contributed by atoms with van der Waals surface area (Å²) in [5, 5.41) is 12.1. The Hall–Kier alpha value is -1.43. The number of nitrogens with zero attached hydrogens (tertiary/aromatic N) is 5.